The van der Waals surface area contributed by atoms with Crippen molar-refractivity contribution in [2.75, 3.05) is 6.61 Å². The summed E-state index contributed by atoms with van der Waals surface area (Å²) >= 11 is 0. The fourth-order valence-electron chi connectivity index (χ4n) is 2.28. The molecular weight excluding hydrogens is 244 g/mol. The van der Waals surface area contributed by atoms with Crippen LogP contribution < -0.4 is 4.74 Å². The third-order valence-corrected chi connectivity index (χ3v) is 3.43. The molecule has 1 heteroatoms. The molecule has 2 bridgehead atoms. The number of hydrogen-bond acceptors (Lipinski definition) is 1. The molecule has 0 aliphatic carbocycles. The van der Waals surface area contributed by atoms with E-state index < -0.39 is 0 Å². The quantitative estimate of drug-likeness (QED) is 0.586. The third-order valence-electron chi connectivity index (χ3n) is 3.43. The molecule has 0 saturated carbocycles. The molecule has 0 fully saturated rings. The van der Waals surface area contributed by atoms with Gasteiger partial charge in [0.05, 0.1) is 6.61 Å². The zero-order valence-electron chi connectivity index (χ0n) is 12.2. The highest BCUT2D eigenvalue weighted by Crippen LogP contribution is 2.16. The van der Waals surface area contributed by atoms with Gasteiger partial charge in [-0.1, -0.05) is 37.1 Å². The molecule has 0 amide bonds. The van der Waals surface area contributed by atoms with Crippen molar-refractivity contribution in [2.45, 2.75) is 51.4 Å². The number of allylic oxidation sites excluding steroid dienone is 1. The molecule has 1 nitrogen and oxygen atoms in total. The molecular formula is C19H24O. The van der Waals surface area contributed by atoms with Gasteiger partial charge in [0.15, 0.2) is 0 Å². The zero-order valence-corrected chi connectivity index (χ0v) is 12.2. The molecule has 1 aliphatic rings. The van der Waals surface area contributed by atoms with Crippen LogP contribution in [0.25, 0.3) is 6.08 Å². The van der Waals surface area contributed by atoms with Gasteiger partial charge in [-0.2, -0.15) is 0 Å². The number of ether oxygens (including phenoxy) is 1. The van der Waals surface area contributed by atoms with E-state index in [1.807, 2.05) is 6.07 Å². The lowest BCUT2D eigenvalue weighted by atomic mass is 10.1. The van der Waals surface area contributed by atoms with Gasteiger partial charge in [0.25, 0.3) is 0 Å². The van der Waals surface area contributed by atoms with Crippen LogP contribution in [0.15, 0.2) is 30.3 Å². The van der Waals surface area contributed by atoms with Crippen molar-refractivity contribution in [3.05, 3.63) is 35.9 Å². The Hall–Kier alpha value is -1.68. The molecule has 0 saturated heterocycles. The summed E-state index contributed by atoms with van der Waals surface area (Å²) in [6.07, 6.45) is 13.8. The Bertz CT molecular complexity index is 476. The Morgan fingerprint density at radius 3 is 2.70 bits per heavy atom. The Balaban J connectivity index is 1.93. The van der Waals surface area contributed by atoms with E-state index in [0.29, 0.717) is 0 Å². The minimum atomic E-state index is 0.752. The van der Waals surface area contributed by atoms with Crippen LogP contribution in [0.5, 0.6) is 5.75 Å². The van der Waals surface area contributed by atoms with E-state index in [1.165, 1.54) is 31.2 Å². The van der Waals surface area contributed by atoms with Gasteiger partial charge in [0, 0.05) is 12.8 Å². The van der Waals surface area contributed by atoms with E-state index in [0.717, 1.165) is 38.0 Å². The molecule has 0 unspecified atom stereocenters. The van der Waals surface area contributed by atoms with Crippen LogP contribution in [0.1, 0.15) is 56.9 Å². The SMILES string of the molecule is C1#CCCCOc2cccc(c2)/C=C\CCCCCC1. The first-order valence-corrected chi connectivity index (χ1v) is 7.80. The number of benzene rings is 1. The standard InChI is InChI=1S/C19H24O/c1-2-4-6-8-10-13-18-14-12-15-19(17-18)20-16-11-9-7-5-3-1/h10,12-15,17H,1-4,6,8-9,11,16H2/b13-10-. The minimum absolute atomic E-state index is 0.752. The van der Waals surface area contributed by atoms with Gasteiger partial charge in [0.2, 0.25) is 0 Å². The molecule has 20 heavy (non-hydrogen) atoms. The maximum absolute atomic E-state index is 5.77. The van der Waals surface area contributed by atoms with Gasteiger partial charge < -0.3 is 4.74 Å². The molecule has 1 aromatic carbocycles. The monoisotopic (exact) mass is 268 g/mol. The van der Waals surface area contributed by atoms with Crippen molar-refractivity contribution in [3.63, 3.8) is 0 Å². The van der Waals surface area contributed by atoms with Gasteiger partial charge in [0.1, 0.15) is 5.75 Å². The molecule has 0 N–H and O–H groups in total. The first kappa shape index (κ1) is 14.7. The summed E-state index contributed by atoms with van der Waals surface area (Å²) < 4.78 is 5.77. The molecule has 1 aliphatic heterocycles. The van der Waals surface area contributed by atoms with Crippen molar-refractivity contribution in [1.82, 2.24) is 0 Å². The maximum atomic E-state index is 5.77. The molecule has 0 spiro atoms. The highest BCUT2D eigenvalue weighted by Gasteiger charge is 1.95. The second-order valence-corrected chi connectivity index (χ2v) is 5.23. The summed E-state index contributed by atoms with van der Waals surface area (Å²) in [6.45, 7) is 0.752. The largest absolute Gasteiger partial charge is 0.494 e. The fourth-order valence-corrected chi connectivity index (χ4v) is 2.28. The molecule has 0 radical (unpaired) electrons. The number of hydrogen-bond donors (Lipinski definition) is 0. The summed E-state index contributed by atoms with van der Waals surface area (Å²) in [4.78, 5) is 0. The molecule has 106 valence electrons. The molecule has 1 heterocycles. The molecule has 1 aromatic rings. The first-order valence-electron chi connectivity index (χ1n) is 7.80. The van der Waals surface area contributed by atoms with Crippen molar-refractivity contribution >= 4 is 6.08 Å². The lowest BCUT2D eigenvalue weighted by molar-refractivity contribution is 0.313. The summed E-state index contributed by atoms with van der Waals surface area (Å²) in [5.41, 5.74) is 1.23. The summed E-state index contributed by atoms with van der Waals surface area (Å²) in [5, 5.41) is 0. The zero-order chi connectivity index (χ0) is 13.9. The number of fused-ring (bicyclic) bond motifs is 2. The third kappa shape index (κ3) is 5.97. The fraction of sp³-hybridized carbons (Fsp3) is 0.474. The van der Waals surface area contributed by atoms with Gasteiger partial charge in [-0.3, -0.25) is 0 Å². The van der Waals surface area contributed by atoms with E-state index in [4.69, 9.17) is 4.74 Å². The van der Waals surface area contributed by atoms with Crippen molar-refractivity contribution in [3.8, 4) is 17.6 Å². The predicted octanol–water partition coefficient (Wildman–Crippen LogP) is 5.22. The van der Waals surface area contributed by atoms with Crippen molar-refractivity contribution in [2.24, 2.45) is 0 Å². The normalized spacial score (nSPS) is 19.0. The number of rotatable bonds is 0. The van der Waals surface area contributed by atoms with E-state index >= 15 is 0 Å². The average Bonchev–Trinajstić information content (AvgIpc) is 2.47. The Morgan fingerprint density at radius 1 is 0.900 bits per heavy atom. The molecule has 0 atom stereocenters. The van der Waals surface area contributed by atoms with Gasteiger partial charge in [-0.05, 0) is 43.4 Å². The maximum Gasteiger partial charge on any atom is 0.119 e. The lowest BCUT2D eigenvalue weighted by Gasteiger charge is -2.05. The van der Waals surface area contributed by atoms with Crippen LogP contribution >= 0.6 is 0 Å². The van der Waals surface area contributed by atoms with Crippen LogP contribution in [0.4, 0.5) is 0 Å². The van der Waals surface area contributed by atoms with Crippen molar-refractivity contribution < 1.29 is 4.74 Å². The average molecular weight is 268 g/mol. The smallest absolute Gasteiger partial charge is 0.119 e. The van der Waals surface area contributed by atoms with Crippen LogP contribution in [0, 0.1) is 11.8 Å². The van der Waals surface area contributed by atoms with Gasteiger partial charge in [-0.15, -0.1) is 11.8 Å². The van der Waals surface area contributed by atoms with Crippen LogP contribution in [-0.4, -0.2) is 6.61 Å². The van der Waals surface area contributed by atoms with Gasteiger partial charge >= 0.3 is 0 Å². The Morgan fingerprint density at radius 2 is 1.75 bits per heavy atom. The Labute approximate surface area is 123 Å². The lowest BCUT2D eigenvalue weighted by Crippen LogP contribution is -1.96. The van der Waals surface area contributed by atoms with Gasteiger partial charge in [-0.25, -0.2) is 0 Å². The first-order chi connectivity index (χ1) is 9.95. The second kappa shape index (κ2) is 9.26. The van der Waals surface area contributed by atoms with Crippen molar-refractivity contribution in [1.29, 1.82) is 0 Å². The van der Waals surface area contributed by atoms with E-state index in [2.05, 4.69) is 42.2 Å². The highest BCUT2D eigenvalue weighted by molar-refractivity contribution is 5.51. The minimum Gasteiger partial charge on any atom is -0.494 e. The predicted molar refractivity (Wildman–Crippen MR) is 85.7 cm³/mol. The van der Waals surface area contributed by atoms with Crippen LogP contribution in [-0.2, 0) is 0 Å². The van der Waals surface area contributed by atoms with E-state index in [1.54, 1.807) is 0 Å². The molecule has 0 aromatic heterocycles. The highest BCUT2D eigenvalue weighted by atomic mass is 16.5. The van der Waals surface area contributed by atoms with E-state index in [9.17, 15) is 0 Å². The summed E-state index contributed by atoms with van der Waals surface area (Å²) in [5.74, 6) is 7.47. The van der Waals surface area contributed by atoms with Crippen LogP contribution in [0.3, 0.4) is 0 Å². The topological polar surface area (TPSA) is 9.23 Å². The van der Waals surface area contributed by atoms with E-state index in [-0.39, 0.29) is 0 Å². The van der Waals surface area contributed by atoms with Crippen LogP contribution in [0.2, 0.25) is 0 Å². The summed E-state index contributed by atoms with van der Waals surface area (Å²) in [6, 6.07) is 8.32. The second-order valence-electron chi connectivity index (χ2n) is 5.23. The summed E-state index contributed by atoms with van der Waals surface area (Å²) in [7, 11) is 0. The molecule has 2 rings (SSSR count). The Kier molecular flexibility index (Phi) is 6.82.